The molecule has 0 bridgehead atoms. The summed E-state index contributed by atoms with van der Waals surface area (Å²) in [6, 6.07) is 0.495. The molecule has 1 aromatic rings. The zero-order valence-electron chi connectivity index (χ0n) is 15.9. The van der Waals surface area contributed by atoms with Crippen molar-refractivity contribution in [2.24, 2.45) is 5.73 Å². The van der Waals surface area contributed by atoms with E-state index in [4.69, 9.17) is 10.5 Å². The molecular formula is C17H27F3N4O2. The minimum Gasteiger partial charge on any atom is -0.444 e. The van der Waals surface area contributed by atoms with Gasteiger partial charge < -0.3 is 10.5 Å². The van der Waals surface area contributed by atoms with E-state index < -0.39 is 35.1 Å². The van der Waals surface area contributed by atoms with Crippen LogP contribution in [0.2, 0.25) is 0 Å². The molecule has 9 heteroatoms. The van der Waals surface area contributed by atoms with E-state index >= 15 is 0 Å². The van der Waals surface area contributed by atoms with Crippen LogP contribution < -0.4 is 5.73 Å². The largest absolute Gasteiger partial charge is 0.444 e. The maximum absolute atomic E-state index is 13.2. The fraction of sp³-hybridized carbons (Fsp3) is 0.765. The molecule has 2 heterocycles. The van der Waals surface area contributed by atoms with Crippen LogP contribution in [0, 0.1) is 0 Å². The number of hydrogen-bond donors (Lipinski definition) is 1. The highest BCUT2D eigenvalue weighted by molar-refractivity contribution is 5.69. The van der Waals surface area contributed by atoms with Crippen LogP contribution in [0.25, 0.3) is 0 Å². The van der Waals surface area contributed by atoms with Gasteiger partial charge in [-0.1, -0.05) is 0 Å². The number of nitrogens with zero attached hydrogens (tertiary/aromatic N) is 3. The Balaban J connectivity index is 2.38. The Labute approximate surface area is 151 Å². The molecule has 0 saturated carbocycles. The van der Waals surface area contributed by atoms with Crippen molar-refractivity contribution in [3.63, 3.8) is 0 Å². The van der Waals surface area contributed by atoms with Crippen LogP contribution in [0.1, 0.15) is 64.9 Å². The minimum atomic E-state index is -4.56. The quantitative estimate of drug-likeness (QED) is 0.873. The second-order valence-corrected chi connectivity index (χ2v) is 8.43. The summed E-state index contributed by atoms with van der Waals surface area (Å²) in [7, 11) is 0. The lowest BCUT2D eigenvalue weighted by molar-refractivity contribution is -0.141. The number of rotatable bonds is 3. The molecule has 1 fully saturated rings. The summed E-state index contributed by atoms with van der Waals surface area (Å²) in [4.78, 5) is 13.9. The molecule has 1 atom stereocenters. The third kappa shape index (κ3) is 5.12. The van der Waals surface area contributed by atoms with E-state index in [0.717, 1.165) is 6.07 Å². The van der Waals surface area contributed by atoms with Gasteiger partial charge in [-0.15, -0.1) is 0 Å². The fourth-order valence-electron chi connectivity index (χ4n) is 2.96. The molecule has 0 spiro atoms. The fourth-order valence-corrected chi connectivity index (χ4v) is 2.96. The van der Waals surface area contributed by atoms with Gasteiger partial charge in [0.25, 0.3) is 0 Å². The molecule has 26 heavy (non-hydrogen) atoms. The van der Waals surface area contributed by atoms with Crippen molar-refractivity contribution in [3.8, 4) is 0 Å². The topological polar surface area (TPSA) is 73.4 Å². The summed E-state index contributed by atoms with van der Waals surface area (Å²) in [6.45, 7) is 9.21. The Hall–Kier alpha value is -1.77. The molecule has 1 aliphatic heterocycles. The maximum Gasteiger partial charge on any atom is 0.435 e. The number of alkyl halides is 3. The van der Waals surface area contributed by atoms with E-state index in [9.17, 15) is 18.0 Å². The second kappa shape index (κ2) is 6.75. The summed E-state index contributed by atoms with van der Waals surface area (Å²) < 4.78 is 46.2. The van der Waals surface area contributed by atoms with E-state index in [1.807, 2.05) is 0 Å². The lowest BCUT2D eigenvalue weighted by Gasteiger charge is -2.29. The molecule has 2 N–H and O–H groups in total. The van der Waals surface area contributed by atoms with Gasteiger partial charge in [0, 0.05) is 12.1 Å². The van der Waals surface area contributed by atoms with Crippen LogP contribution in [0.5, 0.6) is 0 Å². The molecule has 0 radical (unpaired) electrons. The summed E-state index contributed by atoms with van der Waals surface area (Å²) >= 11 is 0. The number of likely N-dealkylation sites (tertiary alicyclic amines) is 1. The first-order valence-corrected chi connectivity index (χ1v) is 8.61. The van der Waals surface area contributed by atoms with Crippen LogP contribution in [-0.4, -0.2) is 38.5 Å². The molecule has 0 unspecified atom stereocenters. The van der Waals surface area contributed by atoms with Crippen LogP contribution >= 0.6 is 0 Å². The van der Waals surface area contributed by atoms with Crippen molar-refractivity contribution >= 4 is 6.09 Å². The summed E-state index contributed by atoms with van der Waals surface area (Å²) in [5.74, 6) is 0. The van der Waals surface area contributed by atoms with Gasteiger partial charge in [0.05, 0.1) is 18.3 Å². The van der Waals surface area contributed by atoms with Crippen LogP contribution in [0.15, 0.2) is 6.07 Å². The monoisotopic (exact) mass is 376 g/mol. The first-order chi connectivity index (χ1) is 11.7. The van der Waals surface area contributed by atoms with Crippen molar-refractivity contribution in [2.75, 3.05) is 6.54 Å². The first kappa shape index (κ1) is 20.5. The number of amides is 1. The highest BCUT2D eigenvalue weighted by Crippen LogP contribution is 2.37. The van der Waals surface area contributed by atoms with Gasteiger partial charge in [-0.3, -0.25) is 9.58 Å². The Kier molecular flexibility index (Phi) is 5.34. The molecule has 1 amide bonds. The predicted octanol–water partition coefficient (Wildman–Crippen LogP) is 3.71. The number of nitrogens with two attached hydrogens (primary N) is 1. The van der Waals surface area contributed by atoms with Gasteiger partial charge in [-0.25, -0.2) is 4.79 Å². The van der Waals surface area contributed by atoms with E-state index in [1.165, 1.54) is 9.58 Å². The second-order valence-electron chi connectivity index (χ2n) is 8.43. The van der Waals surface area contributed by atoms with Gasteiger partial charge >= 0.3 is 12.3 Å². The summed E-state index contributed by atoms with van der Waals surface area (Å²) in [5.41, 5.74) is 3.91. The number of halogens is 3. The van der Waals surface area contributed by atoms with E-state index in [2.05, 4.69) is 5.10 Å². The molecule has 2 rings (SSSR count). The lowest BCUT2D eigenvalue weighted by Crippen LogP contribution is -2.40. The Bertz CT molecular complexity index is 656. The average molecular weight is 376 g/mol. The van der Waals surface area contributed by atoms with Crippen molar-refractivity contribution in [1.29, 1.82) is 0 Å². The van der Waals surface area contributed by atoms with Gasteiger partial charge in [-0.2, -0.15) is 18.3 Å². The Morgan fingerprint density at radius 3 is 2.42 bits per heavy atom. The first-order valence-electron chi connectivity index (χ1n) is 8.61. The number of carbonyl (C=O) groups excluding carboxylic acids is 1. The molecular weight excluding hydrogens is 349 g/mol. The standard InChI is InChI=1S/C17H27F3N4O2/c1-15(2,3)26-14(25)23-8-6-7-11(23)12-9-13(17(18,19)20)22-24(12)10-16(4,5)21/h9,11H,6-8,10,21H2,1-5H3/t11-/m1/s1. The van der Waals surface area contributed by atoms with Crippen molar-refractivity contribution in [1.82, 2.24) is 14.7 Å². The van der Waals surface area contributed by atoms with Crippen molar-refractivity contribution in [2.45, 2.75) is 77.4 Å². The summed E-state index contributed by atoms with van der Waals surface area (Å²) in [5, 5.41) is 3.71. The number of aromatic nitrogens is 2. The van der Waals surface area contributed by atoms with Crippen LogP contribution in [-0.2, 0) is 17.5 Å². The van der Waals surface area contributed by atoms with Crippen molar-refractivity contribution < 1.29 is 22.7 Å². The number of carbonyl (C=O) groups is 1. The molecule has 1 aliphatic rings. The Morgan fingerprint density at radius 2 is 1.92 bits per heavy atom. The van der Waals surface area contributed by atoms with Gasteiger partial charge in [-0.05, 0) is 53.5 Å². The molecule has 0 aromatic carbocycles. The van der Waals surface area contributed by atoms with E-state index in [-0.39, 0.29) is 6.54 Å². The zero-order valence-corrected chi connectivity index (χ0v) is 15.9. The third-order valence-electron chi connectivity index (χ3n) is 3.88. The van der Waals surface area contributed by atoms with Gasteiger partial charge in [0.15, 0.2) is 5.69 Å². The highest BCUT2D eigenvalue weighted by atomic mass is 19.4. The van der Waals surface area contributed by atoms with Gasteiger partial charge in [0.1, 0.15) is 5.60 Å². The molecule has 0 aliphatic carbocycles. The average Bonchev–Trinajstić information content (AvgIpc) is 2.99. The normalized spacial score (nSPS) is 19.1. The molecule has 148 valence electrons. The van der Waals surface area contributed by atoms with E-state index in [0.29, 0.717) is 25.1 Å². The van der Waals surface area contributed by atoms with Crippen molar-refractivity contribution in [3.05, 3.63) is 17.5 Å². The van der Waals surface area contributed by atoms with E-state index in [1.54, 1.807) is 34.6 Å². The van der Waals surface area contributed by atoms with Crippen LogP contribution in [0.3, 0.4) is 0 Å². The highest BCUT2D eigenvalue weighted by Gasteiger charge is 2.40. The minimum absolute atomic E-state index is 0.108. The lowest BCUT2D eigenvalue weighted by atomic mass is 10.1. The molecule has 1 aromatic heterocycles. The molecule has 1 saturated heterocycles. The summed E-state index contributed by atoms with van der Waals surface area (Å²) in [6.07, 6.45) is -3.86. The Morgan fingerprint density at radius 1 is 1.31 bits per heavy atom. The number of ether oxygens (including phenoxy) is 1. The third-order valence-corrected chi connectivity index (χ3v) is 3.88. The van der Waals surface area contributed by atoms with Crippen LogP contribution in [0.4, 0.5) is 18.0 Å². The smallest absolute Gasteiger partial charge is 0.435 e. The number of hydrogen-bond acceptors (Lipinski definition) is 4. The molecule has 6 nitrogen and oxygen atoms in total. The predicted molar refractivity (Wildman–Crippen MR) is 90.4 cm³/mol. The zero-order chi connectivity index (χ0) is 19.9. The maximum atomic E-state index is 13.2. The SMILES string of the molecule is CC(C)(N)Cn1nc(C(F)(F)F)cc1[C@H]1CCCN1C(=O)OC(C)(C)C. The van der Waals surface area contributed by atoms with Gasteiger partial charge in [0.2, 0.25) is 0 Å².